The van der Waals surface area contributed by atoms with Gasteiger partial charge in [0.05, 0.1) is 0 Å². The Labute approximate surface area is 94.5 Å². The molecule has 3 heteroatoms. The summed E-state index contributed by atoms with van der Waals surface area (Å²) in [5.74, 6) is 0.932. The van der Waals surface area contributed by atoms with E-state index in [9.17, 15) is 4.39 Å². The van der Waals surface area contributed by atoms with Crippen molar-refractivity contribution in [1.29, 1.82) is 0 Å². The van der Waals surface area contributed by atoms with E-state index in [4.69, 9.17) is 0 Å². The van der Waals surface area contributed by atoms with E-state index in [-0.39, 0.29) is 5.82 Å². The second kappa shape index (κ2) is 5.52. The van der Waals surface area contributed by atoms with Crippen LogP contribution in [-0.2, 0) is 0 Å². The number of thioether (sulfide) groups is 1. The van der Waals surface area contributed by atoms with Gasteiger partial charge in [0.15, 0.2) is 0 Å². The van der Waals surface area contributed by atoms with E-state index in [0.29, 0.717) is 6.04 Å². The monoisotopic (exact) mass is 225 g/mol. The van der Waals surface area contributed by atoms with Gasteiger partial charge in [-0.25, -0.2) is 4.39 Å². The Bertz CT molecular complexity index is 293. The molecule has 2 rings (SSSR count). The summed E-state index contributed by atoms with van der Waals surface area (Å²) >= 11 is 1.81. The van der Waals surface area contributed by atoms with Crippen LogP contribution in [0, 0.1) is 5.82 Å². The van der Waals surface area contributed by atoms with Gasteiger partial charge in [0.1, 0.15) is 5.82 Å². The molecule has 1 aliphatic rings. The molecule has 1 aliphatic heterocycles. The van der Waals surface area contributed by atoms with Crippen LogP contribution < -0.4 is 5.32 Å². The molecule has 0 spiro atoms. The zero-order valence-electron chi connectivity index (χ0n) is 8.71. The second-order valence-corrected chi connectivity index (χ2v) is 5.01. The second-order valence-electron chi connectivity index (χ2n) is 3.91. The summed E-state index contributed by atoms with van der Waals surface area (Å²) in [5.41, 5.74) is 0. The van der Waals surface area contributed by atoms with Crippen molar-refractivity contribution in [1.82, 2.24) is 5.32 Å². The predicted octanol–water partition coefficient (Wildman–Crippen LogP) is 3.06. The van der Waals surface area contributed by atoms with Crippen LogP contribution in [0.2, 0.25) is 0 Å². The summed E-state index contributed by atoms with van der Waals surface area (Å²) in [6.45, 7) is 1.15. The Hall–Kier alpha value is -0.540. The quantitative estimate of drug-likeness (QED) is 0.793. The zero-order valence-corrected chi connectivity index (χ0v) is 9.52. The van der Waals surface area contributed by atoms with Crippen LogP contribution in [0.15, 0.2) is 29.2 Å². The van der Waals surface area contributed by atoms with Gasteiger partial charge in [-0.1, -0.05) is 6.42 Å². The molecular formula is C12H16FNS. The first-order chi connectivity index (χ1) is 7.34. The Kier molecular flexibility index (Phi) is 4.03. The minimum atomic E-state index is -0.157. The number of hydrogen-bond acceptors (Lipinski definition) is 2. The molecule has 1 nitrogen and oxygen atoms in total. The third-order valence-electron chi connectivity index (χ3n) is 2.68. The number of hydrogen-bond donors (Lipinski definition) is 1. The van der Waals surface area contributed by atoms with Gasteiger partial charge in [-0.15, -0.1) is 11.8 Å². The summed E-state index contributed by atoms with van der Waals surface area (Å²) in [6.07, 6.45) is 3.91. The van der Waals surface area contributed by atoms with Crippen molar-refractivity contribution in [2.45, 2.75) is 30.2 Å². The minimum absolute atomic E-state index is 0.157. The molecule has 82 valence electrons. The van der Waals surface area contributed by atoms with E-state index in [1.807, 2.05) is 12.1 Å². The molecule has 0 radical (unpaired) electrons. The topological polar surface area (TPSA) is 12.0 Å². The van der Waals surface area contributed by atoms with E-state index >= 15 is 0 Å². The molecular weight excluding hydrogens is 209 g/mol. The number of piperidine rings is 1. The molecule has 0 aliphatic carbocycles. The van der Waals surface area contributed by atoms with Gasteiger partial charge in [-0.05, 0) is 43.7 Å². The average molecular weight is 225 g/mol. The predicted molar refractivity (Wildman–Crippen MR) is 62.8 cm³/mol. The molecule has 1 saturated heterocycles. The highest BCUT2D eigenvalue weighted by molar-refractivity contribution is 7.99. The van der Waals surface area contributed by atoms with Crippen LogP contribution in [0.5, 0.6) is 0 Å². The maximum atomic E-state index is 12.7. The maximum Gasteiger partial charge on any atom is 0.123 e. The Morgan fingerprint density at radius 2 is 2.07 bits per heavy atom. The minimum Gasteiger partial charge on any atom is -0.313 e. The van der Waals surface area contributed by atoms with Gasteiger partial charge in [0.2, 0.25) is 0 Å². The lowest BCUT2D eigenvalue weighted by atomic mass is 10.1. The highest BCUT2D eigenvalue weighted by Crippen LogP contribution is 2.21. The van der Waals surface area contributed by atoms with Crippen molar-refractivity contribution < 1.29 is 4.39 Å². The largest absolute Gasteiger partial charge is 0.313 e. The molecule has 0 saturated carbocycles. The van der Waals surface area contributed by atoms with E-state index < -0.39 is 0 Å². The molecule has 0 amide bonds. The summed E-state index contributed by atoms with van der Waals surface area (Å²) < 4.78 is 12.7. The van der Waals surface area contributed by atoms with Crippen molar-refractivity contribution >= 4 is 11.8 Å². The molecule has 0 bridgehead atoms. The van der Waals surface area contributed by atoms with Crippen molar-refractivity contribution in [3.63, 3.8) is 0 Å². The SMILES string of the molecule is Fc1ccc(SCC2CCCCN2)cc1. The van der Waals surface area contributed by atoms with Crippen molar-refractivity contribution in [2.24, 2.45) is 0 Å². The molecule has 1 N–H and O–H groups in total. The van der Waals surface area contributed by atoms with Crippen molar-refractivity contribution in [3.05, 3.63) is 30.1 Å². The summed E-state index contributed by atoms with van der Waals surface area (Å²) in [4.78, 5) is 1.16. The number of nitrogens with one attached hydrogen (secondary N) is 1. The Balaban J connectivity index is 1.79. The van der Waals surface area contributed by atoms with Crippen molar-refractivity contribution in [2.75, 3.05) is 12.3 Å². The van der Waals surface area contributed by atoms with E-state index in [1.165, 1.54) is 31.4 Å². The standard InChI is InChI=1S/C12H16FNS/c13-10-4-6-12(7-5-10)15-9-11-3-1-2-8-14-11/h4-7,11,14H,1-3,8-9H2. The fourth-order valence-corrected chi connectivity index (χ4v) is 2.80. The maximum absolute atomic E-state index is 12.7. The Morgan fingerprint density at radius 1 is 1.27 bits per heavy atom. The van der Waals surface area contributed by atoms with Crippen LogP contribution in [0.1, 0.15) is 19.3 Å². The van der Waals surface area contributed by atoms with Gasteiger partial charge in [0.25, 0.3) is 0 Å². The first-order valence-corrected chi connectivity index (χ1v) is 6.45. The van der Waals surface area contributed by atoms with E-state index in [1.54, 1.807) is 11.8 Å². The third-order valence-corrected chi connectivity index (χ3v) is 3.85. The van der Waals surface area contributed by atoms with Crippen LogP contribution in [0.4, 0.5) is 4.39 Å². The summed E-state index contributed by atoms with van der Waals surface area (Å²) in [7, 11) is 0. The molecule has 1 heterocycles. The highest BCUT2D eigenvalue weighted by Gasteiger charge is 2.12. The third kappa shape index (κ3) is 3.50. The zero-order chi connectivity index (χ0) is 10.5. The van der Waals surface area contributed by atoms with E-state index in [2.05, 4.69) is 5.32 Å². The molecule has 1 unspecified atom stereocenters. The van der Waals surface area contributed by atoms with Gasteiger partial charge in [-0.2, -0.15) is 0 Å². The van der Waals surface area contributed by atoms with Crippen LogP contribution in [-0.4, -0.2) is 18.3 Å². The lowest BCUT2D eigenvalue weighted by Gasteiger charge is -2.22. The molecule has 1 aromatic carbocycles. The molecule has 1 aromatic rings. The lowest BCUT2D eigenvalue weighted by molar-refractivity contribution is 0.430. The van der Waals surface area contributed by atoms with Crippen LogP contribution >= 0.6 is 11.8 Å². The van der Waals surface area contributed by atoms with Crippen LogP contribution in [0.3, 0.4) is 0 Å². The summed E-state index contributed by atoms with van der Waals surface area (Å²) in [5, 5.41) is 3.51. The van der Waals surface area contributed by atoms with Gasteiger partial charge < -0.3 is 5.32 Å². The summed E-state index contributed by atoms with van der Waals surface area (Å²) in [6, 6.07) is 7.38. The lowest BCUT2D eigenvalue weighted by Crippen LogP contribution is -2.35. The first kappa shape index (κ1) is 11.0. The average Bonchev–Trinajstić information content (AvgIpc) is 2.30. The molecule has 0 aromatic heterocycles. The number of halogens is 1. The van der Waals surface area contributed by atoms with E-state index in [0.717, 1.165) is 17.2 Å². The molecule has 1 fully saturated rings. The number of rotatable bonds is 3. The highest BCUT2D eigenvalue weighted by atomic mass is 32.2. The van der Waals surface area contributed by atoms with Gasteiger partial charge in [-0.3, -0.25) is 0 Å². The normalized spacial score (nSPS) is 21.5. The smallest absolute Gasteiger partial charge is 0.123 e. The molecule has 1 atom stereocenters. The molecule has 15 heavy (non-hydrogen) atoms. The fourth-order valence-electron chi connectivity index (χ4n) is 1.79. The Morgan fingerprint density at radius 3 is 2.73 bits per heavy atom. The van der Waals surface area contributed by atoms with Crippen LogP contribution in [0.25, 0.3) is 0 Å². The van der Waals surface area contributed by atoms with Gasteiger partial charge in [0, 0.05) is 16.7 Å². The number of benzene rings is 1. The fraction of sp³-hybridized carbons (Fsp3) is 0.500. The first-order valence-electron chi connectivity index (χ1n) is 5.46. The van der Waals surface area contributed by atoms with Crippen molar-refractivity contribution in [3.8, 4) is 0 Å². The van der Waals surface area contributed by atoms with Gasteiger partial charge >= 0.3 is 0 Å².